The zero-order valence-electron chi connectivity index (χ0n) is 8.09. The van der Waals surface area contributed by atoms with E-state index in [1.807, 2.05) is 0 Å². The van der Waals surface area contributed by atoms with Crippen LogP contribution in [0.3, 0.4) is 0 Å². The van der Waals surface area contributed by atoms with Gasteiger partial charge in [-0.25, -0.2) is 17.6 Å². The highest BCUT2D eigenvalue weighted by Crippen LogP contribution is 2.34. The lowest BCUT2D eigenvalue weighted by molar-refractivity contribution is 0.420. The van der Waals surface area contributed by atoms with Gasteiger partial charge in [0.25, 0.3) is 0 Å². The van der Waals surface area contributed by atoms with Gasteiger partial charge in [0, 0.05) is 11.6 Å². The number of halogens is 5. The van der Waals surface area contributed by atoms with Crippen LogP contribution in [0.25, 0.3) is 0 Å². The molecule has 88 valence electrons. The Bertz CT molecular complexity index is 400. The van der Waals surface area contributed by atoms with E-state index in [0.29, 0.717) is 19.4 Å². The molecule has 1 atom stereocenters. The van der Waals surface area contributed by atoms with Crippen molar-refractivity contribution in [3.05, 3.63) is 33.9 Å². The Kier molecular flexibility index (Phi) is 3.08. The lowest BCUT2D eigenvalue weighted by Crippen LogP contribution is -2.18. The van der Waals surface area contributed by atoms with Gasteiger partial charge < -0.3 is 5.32 Å². The molecule has 16 heavy (non-hydrogen) atoms. The monoisotopic (exact) mass is 253 g/mol. The third kappa shape index (κ3) is 1.68. The van der Waals surface area contributed by atoms with E-state index in [4.69, 9.17) is 11.6 Å². The highest BCUT2D eigenvalue weighted by Gasteiger charge is 2.30. The second-order valence-corrected chi connectivity index (χ2v) is 4.01. The molecule has 1 aliphatic rings. The van der Waals surface area contributed by atoms with Crippen LogP contribution in [0.1, 0.15) is 24.4 Å². The fraction of sp³-hybridized carbons (Fsp3) is 0.400. The number of hydrogen-bond donors (Lipinski definition) is 1. The number of hydrogen-bond acceptors (Lipinski definition) is 1. The minimum Gasteiger partial charge on any atom is -0.310 e. The molecule has 0 saturated carbocycles. The maximum Gasteiger partial charge on any atom is 0.180 e. The van der Waals surface area contributed by atoms with Crippen LogP contribution >= 0.6 is 11.6 Å². The lowest BCUT2D eigenvalue weighted by Gasteiger charge is -2.14. The van der Waals surface area contributed by atoms with E-state index in [-0.39, 0.29) is 0 Å². The van der Waals surface area contributed by atoms with Gasteiger partial charge in [-0.3, -0.25) is 0 Å². The Hall–Kier alpha value is -0.810. The summed E-state index contributed by atoms with van der Waals surface area (Å²) >= 11 is 5.12. The van der Waals surface area contributed by atoms with Gasteiger partial charge in [-0.2, -0.15) is 0 Å². The van der Waals surface area contributed by atoms with Gasteiger partial charge in [-0.15, -0.1) is 0 Å². The first-order valence-electron chi connectivity index (χ1n) is 4.78. The molecule has 0 amide bonds. The predicted octanol–water partition coefficient (Wildman–Crippen LogP) is 3.32. The first kappa shape index (κ1) is 11.7. The Labute approximate surface area is 94.4 Å². The van der Waals surface area contributed by atoms with Crippen molar-refractivity contribution in [2.24, 2.45) is 0 Å². The number of nitrogens with one attached hydrogen (secondary N) is 1. The zero-order chi connectivity index (χ0) is 11.9. The molecule has 1 saturated heterocycles. The molecule has 0 radical (unpaired) electrons. The smallest absolute Gasteiger partial charge is 0.180 e. The summed E-state index contributed by atoms with van der Waals surface area (Å²) in [5.41, 5.74) is -0.600. The van der Waals surface area contributed by atoms with Crippen molar-refractivity contribution in [3.63, 3.8) is 0 Å². The summed E-state index contributed by atoms with van der Waals surface area (Å²) in [6, 6.07) is -0.693. The van der Waals surface area contributed by atoms with Crippen LogP contribution in [0, 0.1) is 23.3 Å². The van der Waals surface area contributed by atoms with Crippen LogP contribution < -0.4 is 5.32 Å². The van der Waals surface area contributed by atoms with Crippen molar-refractivity contribution in [3.8, 4) is 0 Å². The summed E-state index contributed by atoms with van der Waals surface area (Å²) < 4.78 is 53.2. The van der Waals surface area contributed by atoms with Crippen LogP contribution in [0.5, 0.6) is 0 Å². The van der Waals surface area contributed by atoms with Gasteiger partial charge in [0.05, 0.1) is 0 Å². The van der Waals surface area contributed by atoms with Crippen molar-refractivity contribution in [1.82, 2.24) is 5.32 Å². The van der Waals surface area contributed by atoms with Crippen LogP contribution in [-0.4, -0.2) is 6.54 Å². The van der Waals surface area contributed by atoms with Crippen LogP contribution in [0.4, 0.5) is 17.6 Å². The molecule has 1 fully saturated rings. The Morgan fingerprint density at radius 1 is 1.00 bits per heavy atom. The van der Waals surface area contributed by atoms with Crippen LogP contribution in [-0.2, 0) is 0 Å². The van der Waals surface area contributed by atoms with E-state index >= 15 is 0 Å². The summed E-state index contributed by atoms with van der Waals surface area (Å²) in [6.07, 6.45) is 1.14. The van der Waals surface area contributed by atoms with E-state index in [2.05, 4.69) is 5.32 Å². The van der Waals surface area contributed by atoms with E-state index in [9.17, 15) is 17.6 Å². The van der Waals surface area contributed by atoms with E-state index in [1.165, 1.54) is 0 Å². The summed E-state index contributed by atoms with van der Waals surface area (Å²) in [5.74, 6) is -5.90. The van der Waals surface area contributed by atoms with Crippen molar-refractivity contribution < 1.29 is 17.6 Å². The molecule has 1 N–H and O–H groups in total. The lowest BCUT2D eigenvalue weighted by atomic mass is 10.0. The molecule has 6 heteroatoms. The molecule has 0 aromatic heterocycles. The standard InChI is InChI=1S/C10H8ClF4N/c11-6-9(14)7(12)5(8(13)10(6)15)4-2-1-3-16-4/h4,16H,1-3H2. The van der Waals surface area contributed by atoms with Gasteiger partial charge >= 0.3 is 0 Å². The second kappa shape index (κ2) is 4.22. The van der Waals surface area contributed by atoms with E-state index in [1.54, 1.807) is 0 Å². The maximum absolute atomic E-state index is 13.4. The molecule has 1 aromatic rings. The minimum atomic E-state index is -1.54. The quantitative estimate of drug-likeness (QED) is 0.460. The molecular formula is C10H8ClF4N. The Morgan fingerprint density at radius 2 is 1.56 bits per heavy atom. The maximum atomic E-state index is 13.4. The van der Waals surface area contributed by atoms with Crippen molar-refractivity contribution in [1.29, 1.82) is 0 Å². The Morgan fingerprint density at radius 3 is 2.00 bits per heavy atom. The number of rotatable bonds is 1. The van der Waals surface area contributed by atoms with Crippen molar-refractivity contribution >= 4 is 11.6 Å². The third-order valence-electron chi connectivity index (χ3n) is 2.65. The van der Waals surface area contributed by atoms with Crippen LogP contribution in [0.2, 0.25) is 5.02 Å². The first-order valence-corrected chi connectivity index (χ1v) is 5.16. The van der Waals surface area contributed by atoms with Gasteiger partial charge in [-0.05, 0) is 19.4 Å². The summed E-state index contributed by atoms with van der Waals surface area (Å²) in [5, 5.41) is 1.63. The molecule has 0 aliphatic carbocycles. The number of benzene rings is 1. The van der Waals surface area contributed by atoms with Gasteiger partial charge in [0.2, 0.25) is 0 Å². The normalized spacial score (nSPS) is 20.4. The van der Waals surface area contributed by atoms with Gasteiger partial charge in [0.15, 0.2) is 23.3 Å². The second-order valence-electron chi connectivity index (χ2n) is 3.63. The molecular weight excluding hydrogens is 246 g/mol. The summed E-state index contributed by atoms with van der Waals surface area (Å²) in [4.78, 5) is 0. The minimum absolute atomic E-state index is 0.439. The van der Waals surface area contributed by atoms with Crippen LogP contribution in [0.15, 0.2) is 0 Å². The topological polar surface area (TPSA) is 12.0 Å². The first-order chi connectivity index (χ1) is 7.54. The molecule has 1 nitrogen and oxygen atoms in total. The fourth-order valence-corrected chi connectivity index (χ4v) is 2.02. The molecule has 2 rings (SSSR count). The molecule has 1 aliphatic heterocycles. The fourth-order valence-electron chi connectivity index (χ4n) is 1.86. The SMILES string of the molecule is Fc1c(F)c(C2CCCN2)c(F)c(F)c1Cl. The highest BCUT2D eigenvalue weighted by molar-refractivity contribution is 6.30. The van der Waals surface area contributed by atoms with E-state index in [0.717, 1.165) is 0 Å². The highest BCUT2D eigenvalue weighted by atomic mass is 35.5. The molecule has 1 aromatic carbocycles. The van der Waals surface area contributed by atoms with E-state index < -0.39 is 39.9 Å². The third-order valence-corrected chi connectivity index (χ3v) is 2.98. The molecule has 0 bridgehead atoms. The Balaban J connectivity index is 2.59. The van der Waals surface area contributed by atoms with Crippen molar-refractivity contribution in [2.75, 3.05) is 6.54 Å². The molecule has 0 spiro atoms. The van der Waals surface area contributed by atoms with Gasteiger partial charge in [0.1, 0.15) is 5.02 Å². The summed E-state index contributed by atoms with van der Waals surface area (Å²) in [6.45, 7) is 0.565. The summed E-state index contributed by atoms with van der Waals surface area (Å²) in [7, 11) is 0. The molecule has 1 heterocycles. The predicted molar refractivity (Wildman–Crippen MR) is 51.3 cm³/mol. The average molecular weight is 254 g/mol. The largest absolute Gasteiger partial charge is 0.310 e. The zero-order valence-corrected chi connectivity index (χ0v) is 8.84. The van der Waals surface area contributed by atoms with Gasteiger partial charge in [-0.1, -0.05) is 11.6 Å². The average Bonchev–Trinajstić information content (AvgIpc) is 2.77. The molecule has 1 unspecified atom stereocenters. The van der Waals surface area contributed by atoms with Crippen molar-refractivity contribution in [2.45, 2.75) is 18.9 Å².